The molecule has 1 aliphatic heterocycles. The number of hydrogen-bond acceptors (Lipinski definition) is 4. The fraction of sp³-hybridized carbons (Fsp3) is 0.176. The van der Waals surface area contributed by atoms with Gasteiger partial charge in [-0.05, 0) is 85.4 Å². The van der Waals surface area contributed by atoms with Gasteiger partial charge in [0.25, 0.3) is 0 Å². The fourth-order valence-electron chi connectivity index (χ4n) is 5.93. The van der Waals surface area contributed by atoms with Crippen LogP contribution in [0.25, 0.3) is 64.0 Å². The van der Waals surface area contributed by atoms with Gasteiger partial charge in [-0.3, -0.25) is 0 Å². The van der Waals surface area contributed by atoms with Crippen molar-refractivity contribution in [2.24, 2.45) is 0 Å². The molecule has 39 heavy (non-hydrogen) atoms. The highest BCUT2D eigenvalue weighted by molar-refractivity contribution is 7.26. The number of fused-ring (bicyclic) bond motifs is 7. The van der Waals surface area contributed by atoms with Crippen LogP contribution < -0.4 is 5.46 Å². The molecule has 0 N–H and O–H groups in total. The first-order chi connectivity index (χ1) is 18.8. The summed E-state index contributed by atoms with van der Waals surface area (Å²) in [5, 5.41) is 7.30. The van der Waals surface area contributed by atoms with Crippen LogP contribution >= 0.6 is 11.3 Å². The standard InChI is InChI=1S/C34H27BO3S/c1-33(2)34(3,4)38-35(37-33)22-14-16-27-26(19-22)24-15-13-21(17-28(24)36-27)31-23-10-6-5-9-20(23)18-30-32(31)25-11-7-8-12-29(25)39-30/h5-19H,1-4H3. The van der Waals surface area contributed by atoms with Gasteiger partial charge in [0.05, 0.1) is 11.2 Å². The van der Waals surface area contributed by atoms with Gasteiger partial charge in [-0.25, -0.2) is 0 Å². The van der Waals surface area contributed by atoms with E-state index in [1.165, 1.54) is 36.5 Å². The molecule has 3 nitrogen and oxygen atoms in total. The summed E-state index contributed by atoms with van der Waals surface area (Å²) in [5.41, 5.74) is 4.43. The lowest BCUT2D eigenvalue weighted by Gasteiger charge is -2.32. The van der Waals surface area contributed by atoms with Crippen molar-refractivity contribution >= 4 is 76.8 Å². The minimum atomic E-state index is -0.403. The van der Waals surface area contributed by atoms with E-state index >= 15 is 0 Å². The Morgan fingerprint density at radius 2 is 1.36 bits per heavy atom. The van der Waals surface area contributed by atoms with Gasteiger partial charge in [0.2, 0.25) is 0 Å². The quantitative estimate of drug-likeness (QED) is 0.211. The molecule has 5 heteroatoms. The Balaban J connectivity index is 1.33. The van der Waals surface area contributed by atoms with Crippen LogP contribution in [0, 0.1) is 0 Å². The molecule has 2 aromatic heterocycles. The van der Waals surface area contributed by atoms with E-state index in [9.17, 15) is 0 Å². The first kappa shape index (κ1) is 23.3. The normalized spacial score (nSPS) is 16.9. The zero-order valence-corrected chi connectivity index (χ0v) is 23.2. The maximum absolute atomic E-state index is 6.43. The van der Waals surface area contributed by atoms with Crippen molar-refractivity contribution in [1.82, 2.24) is 0 Å². The minimum Gasteiger partial charge on any atom is -0.456 e. The maximum Gasteiger partial charge on any atom is 0.494 e. The number of hydrogen-bond donors (Lipinski definition) is 0. The second kappa shape index (κ2) is 7.95. The van der Waals surface area contributed by atoms with Crippen LogP contribution in [0.3, 0.4) is 0 Å². The summed E-state index contributed by atoms with van der Waals surface area (Å²) in [6, 6.07) is 32.6. The highest BCUT2D eigenvalue weighted by Crippen LogP contribution is 2.45. The lowest BCUT2D eigenvalue weighted by Crippen LogP contribution is -2.41. The highest BCUT2D eigenvalue weighted by Gasteiger charge is 2.51. The average Bonchev–Trinajstić information content (AvgIpc) is 3.54. The molecule has 0 unspecified atom stereocenters. The van der Waals surface area contributed by atoms with Gasteiger partial charge in [-0.2, -0.15) is 0 Å². The van der Waals surface area contributed by atoms with Crippen LogP contribution in [0.15, 0.2) is 95.4 Å². The molecule has 3 heterocycles. The van der Waals surface area contributed by atoms with Crippen LogP contribution in [0.1, 0.15) is 27.7 Å². The Morgan fingerprint density at radius 3 is 2.18 bits per heavy atom. The largest absolute Gasteiger partial charge is 0.494 e. The smallest absolute Gasteiger partial charge is 0.456 e. The zero-order chi connectivity index (χ0) is 26.5. The summed E-state index contributed by atoms with van der Waals surface area (Å²) >= 11 is 1.86. The summed E-state index contributed by atoms with van der Waals surface area (Å²) in [7, 11) is -0.403. The summed E-state index contributed by atoms with van der Waals surface area (Å²) in [5.74, 6) is 0. The van der Waals surface area contributed by atoms with Crippen LogP contribution in [0.2, 0.25) is 0 Å². The van der Waals surface area contributed by atoms with Crippen LogP contribution in [0.4, 0.5) is 0 Å². The van der Waals surface area contributed by atoms with Gasteiger partial charge in [-0.1, -0.05) is 60.7 Å². The molecular weight excluding hydrogens is 499 g/mol. The van der Waals surface area contributed by atoms with Crippen molar-refractivity contribution in [2.45, 2.75) is 38.9 Å². The molecule has 0 radical (unpaired) electrons. The Bertz CT molecular complexity index is 2080. The van der Waals surface area contributed by atoms with Gasteiger partial charge in [0, 0.05) is 30.9 Å². The van der Waals surface area contributed by atoms with Crippen molar-refractivity contribution in [3.8, 4) is 11.1 Å². The van der Waals surface area contributed by atoms with E-state index in [0.29, 0.717) is 0 Å². The van der Waals surface area contributed by atoms with E-state index in [1.54, 1.807) is 0 Å². The van der Waals surface area contributed by atoms with Gasteiger partial charge < -0.3 is 13.7 Å². The van der Waals surface area contributed by atoms with Crippen molar-refractivity contribution < 1.29 is 13.7 Å². The van der Waals surface area contributed by atoms with E-state index in [4.69, 9.17) is 13.7 Å². The van der Waals surface area contributed by atoms with Crippen molar-refractivity contribution in [3.05, 3.63) is 91.0 Å². The molecule has 1 aliphatic rings. The first-order valence-electron chi connectivity index (χ1n) is 13.4. The maximum atomic E-state index is 6.43. The number of rotatable bonds is 2. The van der Waals surface area contributed by atoms with E-state index in [-0.39, 0.29) is 11.2 Å². The number of furan rings is 1. The van der Waals surface area contributed by atoms with Crippen LogP contribution in [0.5, 0.6) is 0 Å². The fourth-order valence-corrected chi connectivity index (χ4v) is 7.09. The third-order valence-corrected chi connectivity index (χ3v) is 9.82. The lowest BCUT2D eigenvalue weighted by molar-refractivity contribution is 0.00578. The Kier molecular flexibility index (Phi) is 4.74. The number of benzene rings is 5. The predicted octanol–water partition coefficient (Wildman–Crippen LogP) is 9.07. The second-order valence-electron chi connectivity index (χ2n) is 11.6. The number of thiophene rings is 1. The molecule has 0 aliphatic carbocycles. The van der Waals surface area contributed by atoms with E-state index in [1.807, 2.05) is 17.4 Å². The van der Waals surface area contributed by atoms with E-state index < -0.39 is 7.12 Å². The van der Waals surface area contributed by atoms with Crippen molar-refractivity contribution in [1.29, 1.82) is 0 Å². The molecule has 190 valence electrons. The molecule has 8 rings (SSSR count). The zero-order valence-electron chi connectivity index (χ0n) is 22.4. The van der Waals surface area contributed by atoms with Gasteiger partial charge in [0.1, 0.15) is 11.2 Å². The third kappa shape index (κ3) is 3.37. The predicted molar refractivity (Wildman–Crippen MR) is 165 cm³/mol. The summed E-state index contributed by atoms with van der Waals surface area (Å²) in [6.07, 6.45) is 0. The SMILES string of the molecule is CC1(C)OB(c2ccc3oc4cc(-c5c6ccccc6cc6sc7ccccc7c56)ccc4c3c2)OC1(C)C. The molecule has 0 atom stereocenters. The third-order valence-electron chi connectivity index (χ3n) is 8.70. The second-order valence-corrected chi connectivity index (χ2v) is 12.7. The molecule has 0 spiro atoms. The molecule has 0 saturated carbocycles. The lowest BCUT2D eigenvalue weighted by atomic mass is 9.78. The molecule has 5 aromatic carbocycles. The summed E-state index contributed by atoms with van der Waals surface area (Å²) in [4.78, 5) is 0. The Morgan fingerprint density at radius 1 is 0.615 bits per heavy atom. The molecule has 7 aromatic rings. The average molecular weight is 526 g/mol. The molecule has 0 bridgehead atoms. The monoisotopic (exact) mass is 526 g/mol. The molecule has 0 amide bonds. The van der Waals surface area contributed by atoms with Gasteiger partial charge in [0.15, 0.2) is 0 Å². The first-order valence-corrected chi connectivity index (χ1v) is 14.3. The minimum absolute atomic E-state index is 0.379. The topological polar surface area (TPSA) is 31.6 Å². The molecular formula is C34H27BO3S. The van der Waals surface area contributed by atoms with Gasteiger partial charge >= 0.3 is 7.12 Å². The van der Waals surface area contributed by atoms with E-state index in [0.717, 1.165) is 33.0 Å². The molecule has 1 saturated heterocycles. The van der Waals surface area contributed by atoms with Crippen LogP contribution in [-0.4, -0.2) is 18.3 Å². The summed E-state index contributed by atoms with van der Waals surface area (Å²) in [6.45, 7) is 8.34. The molecule has 1 fully saturated rings. The summed E-state index contributed by atoms with van der Waals surface area (Å²) < 4.78 is 21.7. The van der Waals surface area contributed by atoms with Gasteiger partial charge in [-0.15, -0.1) is 11.3 Å². The van der Waals surface area contributed by atoms with Crippen LogP contribution in [-0.2, 0) is 9.31 Å². The van der Waals surface area contributed by atoms with Crippen molar-refractivity contribution in [2.75, 3.05) is 0 Å². The highest BCUT2D eigenvalue weighted by atomic mass is 32.1. The Labute approximate surface area is 231 Å². The Hall–Kier alpha value is -3.64. The van der Waals surface area contributed by atoms with E-state index in [2.05, 4.69) is 113 Å². The van der Waals surface area contributed by atoms with Crippen molar-refractivity contribution in [3.63, 3.8) is 0 Å².